The van der Waals surface area contributed by atoms with Crippen LogP contribution in [0.5, 0.6) is 5.75 Å². The number of amides is 2. The van der Waals surface area contributed by atoms with Crippen LogP contribution in [0.4, 0.5) is 16.6 Å². The lowest BCUT2D eigenvalue weighted by molar-refractivity contribution is 0.171. The number of anilines is 2. The number of fused-ring (bicyclic) bond motifs is 2. The summed E-state index contributed by atoms with van der Waals surface area (Å²) in [5.41, 5.74) is 3.73. The quantitative estimate of drug-likeness (QED) is 0.244. The SMILES string of the molecule is CN(CCO)C[C@@H]1CCCN(c2nnc3ccc(O[C@@H]4CC[C@H](NC(=O)Nc5cc(C(C)(C)C)nn5C)c5ccccc54)cn23)C1. The molecule has 1 aromatic carbocycles. The van der Waals surface area contributed by atoms with Gasteiger partial charge in [0.1, 0.15) is 17.7 Å². The number of aromatic nitrogens is 5. The molecule has 4 aromatic rings. The molecule has 3 atom stereocenters. The maximum Gasteiger partial charge on any atom is 0.320 e. The molecule has 0 radical (unpaired) electrons. The van der Waals surface area contributed by atoms with E-state index in [0.717, 1.165) is 79.5 Å². The second-order valence-electron chi connectivity index (χ2n) is 13.8. The number of likely N-dealkylation sites (N-methyl/N-ethyl adjacent to an activating group) is 1. The van der Waals surface area contributed by atoms with E-state index in [1.54, 1.807) is 4.68 Å². The number of hydrogen-bond acceptors (Lipinski definition) is 8. The Morgan fingerprint density at radius 3 is 2.67 bits per heavy atom. The van der Waals surface area contributed by atoms with Crippen LogP contribution >= 0.6 is 0 Å². The summed E-state index contributed by atoms with van der Waals surface area (Å²) in [7, 11) is 3.90. The molecule has 0 spiro atoms. The number of piperidine rings is 1. The first-order valence-electron chi connectivity index (χ1n) is 16.4. The second-order valence-corrected chi connectivity index (χ2v) is 13.8. The van der Waals surface area contributed by atoms with Gasteiger partial charge in [0, 0.05) is 44.7 Å². The van der Waals surface area contributed by atoms with Crippen molar-refractivity contribution in [2.75, 3.05) is 50.1 Å². The molecule has 46 heavy (non-hydrogen) atoms. The summed E-state index contributed by atoms with van der Waals surface area (Å²) in [6, 6.07) is 13.6. The highest BCUT2D eigenvalue weighted by Crippen LogP contribution is 2.39. The number of aliphatic hydroxyl groups excluding tert-OH is 1. The van der Waals surface area contributed by atoms with Gasteiger partial charge >= 0.3 is 6.03 Å². The monoisotopic (exact) mass is 629 g/mol. The number of ether oxygens (including phenoxy) is 1. The van der Waals surface area contributed by atoms with Crippen LogP contribution in [0, 0.1) is 5.92 Å². The second kappa shape index (κ2) is 13.3. The van der Waals surface area contributed by atoms with E-state index in [9.17, 15) is 9.90 Å². The van der Waals surface area contributed by atoms with Gasteiger partial charge in [-0.15, -0.1) is 10.2 Å². The highest BCUT2D eigenvalue weighted by molar-refractivity contribution is 5.88. The smallest absolute Gasteiger partial charge is 0.320 e. The molecule has 3 N–H and O–H groups in total. The molecule has 1 fully saturated rings. The molecule has 4 heterocycles. The number of nitrogens with one attached hydrogen (secondary N) is 2. The normalized spacial score (nSPS) is 20.2. The van der Waals surface area contributed by atoms with E-state index >= 15 is 0 Å². The Labute approximate surface area is 270 Å². The van der Waals surface area contributed by atoms with Crippen LogP contribution in [0.25, 0.3) is 5.65 Å². The van der Waals surface area contributed by atoms with E-state index in [0.29, 0.717) is 18.3 Å². The van der Waals surface area contributed by atoms with Crippen molar-refractivity contribution in [3.8, 4) is 5.75 Å². The first kappa shape index (κ1) is 31.8. The van der Waals surface area contributed by atoms with Crippen molar-refractivity contribution in [1.82, 2.24) is 34.6 Å². The van der Waals surface area contributed by atoms with Crippen molar-refractivity contribution in [2.45, 2.75) is 64.0 Å². The lowest BCUT2D eigenvalue weighted by Crippen LogP contribution is -2.41. The van der Waals surface area contributed by atoms with Crippen molar-refractivity contribution in [1.29, 1.82) is 0 Å². The molecule has 2 aliphatic rings. The zero-order valence-corrected chi connectivity index (χ0v) is 27.6. The van der Waals surface area contributed by atoms with Gasteiger partial charge in [-0.2, -0.15) is 5.10 Å². The highest BCUT2D eigenvalue weighted by atomic mass is 16.5. The summed E-state index contributed by atoms with van der Waals surface area (Å²) in [5, 5.41) is 29.0. The average Bonchev–Trinajstić information content (AvgIpc) is 3.61. The number of aryl methyl sites for hydroxylation is 1. The minimum atomic E-state index is -0.256. The molecule has 0 bridgehead atoms. The van der Waals surface area contributed by atoms with Gasteiger partial charge in [-0.3, -0.25) is 14.4 Å². The van der Waals surface area contributed by atoms with E-state index in [4.69, 9.17) is 4.74 Å². The predicted molar refractivity (Wildman–Crippen MR) is 178 cm³/mol. The van der Waals surface area contributed by atoms with Gasteiger partial charge in [0.15, 0.2) is 5.65 Å². The summed E-state index contributed by atoms with van der Waals surface area (Å²) in [6.07, 6.45) is 5.60. The van der Waals surface area contributed by atoms with Gasteiger partial charge < -0.3 is 25.0 Å². The van der Waals surface area contributed by atoms with Crippen molar-refractivity contribution >= 4 is 23.4 Å². The van der Waals surface area contributed by atoms with Crippen LogP contribution in [0.1, 0.15) is 75.4 Å². The molecule has 12 nitrogen and oxygen atoms in total. The first-order valence-corrected chi connectivity index (χ1v) is 16.4. The van der Waals surface area contributed by atoms with E-state index in [1.165, 1.54) is 0 Å². The number of nitrogens with zero attached hydrogens (tertiary/aromatic N) is 7. The maximum absolute atomic E-state index is 13.1. The average molecular weight is 630 g/mol. The highest BCUT2D eigenvalue weighted by Gasteiger charge is 2.30. The van der Waals surface area contributed by atoms with Crippen molar-refractivity contribution < 1.29 is 14.6 Å². The van der Waals surface area contributed by atoms with Crippen molar-refractivity contribution in [3.63, 3.8) is 0 Å². The Hall–Kier alpha value is -4.16. The topological polar surface area (TPSA) is 125 Å². The molecule has 1 aliphatic heterocycles. The Balaban J connectivity index is 1.14. The van der Waals surface area contributed by atoms with Crippen molar-refractivity contribution in [3.05, 3.63) is 65.5 Å². The number of carbonyl (C=O) groups is 1. The minimum absolute atomic E-state index is 0.110. The van der Waals surface area contributed by atoms with Crippen LogP contribution < -0.4 is 20.3 Å². The van der Waals surface area contributed by atoms with Crippen LogP contribution in [0.3, 0.4) is 0 Å². The summed E-state index contributed by atoms with van der Waals surface area (Å²) in [6.45, 7) is 9.95. The molecule has 1 aliphatic carbocycles. The summed E-state index contributed by atoms with van der Waals surface area (Å²) >= 11 is 0. The maximum atomic E-state index is 13.1. The molecular weight excluding hydrogens is 582 g/mol. The molecule has 246 valence electrons. The third-order valence-corrected chi connectivity index (χ3v) is 9.12. The summed E-state index contributed by atoms with van der Waals surface area (Å²) in [4.78, 5) is 17.6. The largest absolute Gasteiger partial charge is 0.484 e. The lowest BCUT2D eigenvalue weighted by atomic mass is 9.85. The molecule has 12 heteroatoms. The van der Waals surface area contributed by atoms with Gasteiger partial charge in [-0.05, 0) is 61.9 Å². The lowest BCUT2D eigenvalue weighted by Gasteiger charge is -2.34. The predicted octanol–water partition coefficient (Wildman–Crippen LogP) is 4.68. The Bertz CT molecular complexity index is 1660. The van der Waals surface area contributed by atoms with Crippen LogP contribution in [-0.2, 0) is 12.5 Å². The minimum Gasteiger partial charge on any atom is -0.484 e. The zero-order chi connectivity index (χ0) is 32.4. The number of pyridine rings is 1. The standard InChI is InChI=1S/C34H47N9O3/c1-34(2,3)29-19-31(41(5)39-29)36-32(45)35-27-13-14-28(26-11-7-6-10-25(26)27)46-24-12-15-30-37-38-33(43(30)22-24)42-16-8-9-23(21-42)20-40(4)17-18-44/h6-7,10-12,15,19,22-23,27-28,44H,8-9,13-14,16-18,20-21H2,1-5H3,(H2,35,36,45)/t23-,27-,28+/m0/s1. The molecule has 3 aromatic heterocycles. The Morgan fingerprint density at radius 1 is 1.11 bits per heavy atom. The van der Waals surface area contributed by atoms with Crippen LogP contribution in [0.2, 0.25) is 0 Å². The fourth-order valence-electron chi connectivity index (χ4n) is 6.69. The molecule has 0 unspecified atom stereocenters. The summed E-state index contributed by atoms with van der Waals surface area (Å²) in [5.74, 6) is 2.74. The number of benzene rings is 1. The molecule has 6 rings (SSSR count). The third-order valence-electron chi connectivity index (χ3n) is 9.12. The van der Waals surface area contributed by atoms with Crippen LogP contribution in [0.15, 0.2) is 48.7 Å². The third kappa shape index (κ3) is 6.97. The van der Waals surface area contributed by atoms with Gasteiger partial charge in [-0.25, -0.2) is 4.79 Å². The van der Waals surface area contributed by atoms with Crippen molar-refractivity contribution in [2.24, 2.45) is 13.0 Å². The Kier molecular flexibility index (Phi) is 9.19. The van der Waals surface area contributed by atoms with Crippen LogP contribution in [-0.4, -0.2) is 80.2 Å². The fourth-order valence-corrected chi connectivity index (χ4v) is 6.69. The Morgan fingerprint density at radius 2 is 1.91 bits per heavy atom. The van der Waals surface area contributed by atoms with Gasteiger partial charge in [0.25, 0.3) is 0 Å². The number of urea groups is 1. The van der Waals surface area contributed by atoms with E-state index in [2.05, 4.69) is 75.7 Å². The molecule has 2 amide bonds. The number of carbonyl (C=O) groups excluding carboxylic acids is 1. The molecular formula is C34H47N9O3. The molecule has 0 saturated carbocycles. The van der Waals surface area contributed by atoms with Gasteiger partial charge in [0.2, 0.25) is 5.95 Å². The fraction of sp³-hybridized carbons (Fsp3) is 0.529. The number of rotatable bonds is 9. The molecule has 1 saturated heterocycles. The number of aliphatic hydroxyl groups is 1. The van der Waals surface area contributed by atoms with E-state index in [-0.39, 0.29) is 30.2 Å². The van der Waals surface area contributed by atoms with Gasteiger partial charge in [0.05, 0.1) is 24.5 Å². The summed E-state index contributed by atoms with van der Waals surface area (Å²) < 4.78 is 10.4. The van der Waals surface area contributed by atoms with Gasteiger partial charge in [-0.1, -0.05) is 45.0 Å². The first-order chi connectivity index (χ1) is 22.1. The van der Waals surface area contributed by atoms with E-state index < -0.39 is 0 Å². The zero-order valence-electron chi connectivity index (χ0n) is 27.6. The number of hydrogen-bond donors (Lipinski definition) is 3. The van der Waals surface area contributed by atoms with E-state index in [1.807, 2.05) is 48.0 Å².